The molecule has 1 heterocycles. The molecule has 0 fully saturated rings. The number of benzene rings is 3. The highest BCUT2D eigenvalue weighted by Gasteiger charge is 2.22. The largest absolute Gasteiger partial charge is 0.478 e. The van der Waals surface area contributed by atoms with Crippen molar-refractivity contribution in [3.8, 4) is 22.5 Å². The molecular weight excluding hydrogens is 402 g/mol. The summed E-state index contributed by atoms with van der Waals surface area (Å²) in [6.07, 6.45) is 0. The van der Waals surface area contributed by atoms with Crippen LogP contribution < -0.4 is 16.4 Å². The summed E-state index contributed by atoms with van der Waals surface area (Å²) in [6.45, 7) is 0. The van der Waals surface area contributed by atoms with Gasteiger partial charge in [-0.05, 0) is 42.0 Å². The first-order valence-corrected chi connectivity index (χ1v) is 9.60. The summed E-state index contributed by atoms with van der Waals surface area (Å²) >= 11 is 3.97. The second kappa shape index (κ2) is 7.57. The Kier molecular flexibility index (Phi) is 4.93. The summed E-state index contributed by atoms with van der Waals surface area (Å²) in [5, 5.41) is 21.2. The molecule has 0 saturated heterocycles. The first kappa shape index (κ1) is 19.5. The van der Waals surface area contributed by atoms with E-state index >= 15 is 0 Å². The maximum Gasteiger partial charge on any atom is 0.336 e. The molecule has 2 aromatic rings. The number of fused-ring (bicyclic) bond motifs is 2. The predicted octanol–water partition coefficient (Wildman–Crippen LogP) is 3.58. The van der Waals surface area contributed by atoms with E-state index in [2.05, 4.69) is 17.9 Å². The van der Waals surface area contributed by atoms with Crippen LogP contribution in [-0.2, 0) is 0 Å². The second-order valence-corrected chi connectivity index (χ2v) is 6.99. The molecule has 1 aliphatic heterocycles. The number of anilines is 1. The molecule has 0 spiro atoms. The van der Waals surface area contributed by atoms with Gasteiger partial charge in [-0.2, -0.15) is 12.6 Å². The van der Waals surface area contributed by atoms with Crippen LogP contribution in [0.25, 0.3) is 33.4 Å². The van der Waals surface area contributed by atoms with E-state index < -0.39 is 11.9 Å². The van der Waals surface area contributed by atoms with Gasteiger partial charge in [-0.1, -0.05) is 6.07 Å². The Balaban J connectivity index is 2.08. The van der Waals surface area contributed by atoms with Gasteiger partial charge >= 0.3 is 5.97 Å². The molecule has 8 heteroatoms. The average molecular weight is 419 g/mol. The topological polar surface area (TPSA) is 129 Å². The zero-order chi connectivity index (χ0) is 21.4. The number of rotatable bonds is 4. The number of carbonyl (C=O) groups is 2. The average Bonchev–Trinajstić information content (AvgIpc) is 2.71. The molecule has 2 aliphatic rings. The van der Waals surface area contributed by atoms with Crippen molar-refractivity contribution in [2.24, 2.45) is 0 Å². The maximum absolute atomic E-state index is 12.2. The summed E-state index contributed by atoms with van der Waals surface area (Å²) in [5.74, 6) is -1.01. The summed E-state index contributed by atoms with van der Waals surface area (Å²) in [5.41, 5.74) is 8.77. The van der Waals surface area contributed by atoms with Crippen LogP contribution in [0.5, 0.6) is 0 Å². The zero-order valence-electron chi connectivity index (χ0n) is 15.6. The third-order valence-corrected chi connectivity index (χ3v) is 4.93. The summed E-state index contributed by atoms with van der Waals surface area (Å²) in [4.78, 5) is 24.3. The van der Waals surface area contributed by atoms with Gasteiger partial charge in [-0.15, -0.1) is 0 Å². The lowest BCUT2D eigenvalue weighted by Crippen LogP contribution is -2.22. The molecule has 0 bridgehead atoms. The van der Waals surface area contributed by atoms with E-state index in [1.807, 2.05) is 0 Å². The third kappa shape index (κ3) is 3.37. The van der Waals surface area contributed by atoms with Crippen LogP contribution in [0.1, 0.15) is 20.7 Å². The van der Waals surface area contributed by atoms with E-state index in [0.717, 1.165) is 0 Å². The van der Waals surface area contributed by atoms with E-state index in [4.69, 9.17) is 15.6 Å². The highest BCUT2D eigenvalue weighted by molar-refractivity contribution is 7.80. The highest BCUT2D eigenvalue weighted by Crippen LogP contribution is 2.41. The molecule has 5 N–H and O–H groups in total. The van der Waals surface area contributed by atoms with Crippen molar-refractivity contribution in [2.75, 3.05) is 11.6 Å². The van der Waals surface area contributed by atoms with Crippen molar-refractivity contribution in [1.29, 1.82) is 5.41 Å². The van der Waals surface area contributed by atoms with Gasteiger partial charge in [-0.25, -0.2) is 4.79 Å². The minimum Gasteiger partial charge on any atom is -0.478 e. The number of nitrogens with one attached hydrogen (secondary N) is 2. The van der Waals surface area contributed by atoms with Gasteiger partial charge in [0.05, 0.1) is 16.8 Å². The van der Waals surface area contributed by atoms with Crippen LogP contribution in [-0.4, -0.2) is 22.9 Å². The minimum absolute atomic E-state index is 0.0256. The van der Waals surface area contributed by atoms with Crippen LogP contribution in [0, 0.1) is 5.41 Å². The molecule has 1 amide bonds. The quantitative estimate of drug-likeness (QED) is 0.149. The molecule has 4 rings (SSSR count). The lowest BCUT2D eigenvalue weighted by Gasteiger charge is -2.17. The summed E-state index contributed by atoms with van der Waals surface area (Å²) < 4.78 is 5.94. The number of thiol groups is 1. The van der Waals surface area contributed by atoms with Gasteiger partial charge in [0.25, 0.3) is 5.91 Å². The van der Waals surface area contributed by atoms with Gasteiger partial charge in [0.15, 0.2) is 0 Å². The molecule has 30 heavy (non-hydrogen) atoms. The fourth-order valence-corrected chi connectivity index (χ4v) is 3.59. The molecular formula is C22H17N3O4S. The highest BCUT2D eigenvalue weighted by atomic mass is 32.1. The van der Waals surface area contributed by atoms with E-state index in [0.29, 0.717) is 39.1 Å². The molecule has 1 aliphatic carbocycles. The van der Waals surface area contributed by atoms with Gasteiger partial charge in [-0.3, -0.25) is 4.79 Å². The number of hydrogen-bond donors (Lipinski definition) is 5. The summed E-state index contributed by atoms with van der Waals surface area (Å²) in [7, 11) is 0. The van der Waals surface area contributed by atoms with E-state index in [9.17, 15) is 14.7 Å². The Morgan fingerprint density at radius 2 is 1.83 bits per heavy atom. The Hall–Kier alpha value is -3.78. The van der Waals surface area contributed by atoms with Crippen LogP contribution >= 0.6 is 12.6 Å². The lowest BCUT2D eigenvalue weighted by atomic mass is 9.89. The van der Waals surface area contributed by atoms with Crippen molar-refractivity contribution in [1.82, 2.24) is 5.32 Å². The number of nitrogens with two attached hydrogens (primary N) is 1. The number of carboxylic acid groups (broad SMARTS) is 1. The summed E-state index contributed by atoms with van der Waals surface area (Å²) in [6, 6.07) is 14.5. The number of carboxylic acids is 1. The van der Waals surface area contributed by atoms with E-state index in [1.54, 1.807) is 48.5 Å². The van der Waals surface area contributed by atoms with Crippen molar-refractivity contribution < 1.29 is 19.1 Å². The molecule has 0 aromatic heterocycles. The van der Waals surface area contributed by atoms with Crippen LogP contribution in [0.4, 0.5) is 5.69 Å². The Morgan fingerprint density at radius 3 is 2.57 bits per heavy atom. The fourth-order valence-electron chi connectivity index (χ4n) is 3.45. The first-order valence-electron chi connectivity index (χ1n) is 8.96. The van der Waals surface area contributed by atoms with Gasteiger partial charge in [0.1, 0.15) is 11.3 Å². The van der Waals surface area contributed by atoms with Gasteiger partial charge in [0, 0.05) is 39.9 Å². The standard InChI is InChI=1S/C22H17N3O4S/c23-12-2-5-15-18(8-12)29-19-9-13(24)3-6-16(19)20(15)14-4-1-11(21(26)25-10-30)7-17(14)22(27)28/h1-9,23,30H,10,24H2,(H,25,26)(H,27,28). The van der Waals surface area contributed by atoms with Crippen LogP contribution in [0.15, 0.2) is 59.0 Å². The van der Waals surface area contributed by atoms with E-state index in [1.165, 1.54) is 6.07 Å². The monoisotopic (exact) mass is 419 g/mol. The molecule has 0 radical (unpaired) electrons. The molecule has 0 saturated carbocycles. The number of amides is 1. The first-order chi connectivity index (χ1) is 14.4. The predicted molar refractivity (Wildman–Crippen MR) is 117 cm³/mol. The van der Waals surface area contributed by atoms with E-state index in [-0.39, 0.29) is 22.4 Å². The number of carbonyl (C=O) groups excluding carboxylic acids is 1. The third-order valence-electron chi connectivity index (χ3n) is 4.77. The lowest BCUT2D eigenvalue weighted by molar-refractivity contribution is 0.0697. The smallest absolute Gasteiger partial charge is 0.336 e. The SMILES string of the molecule is N=c1ccc2c(-c3ccc(C(=O)NCS)cc3C(=O)O)c3ccc(N)cc3oc-2c1. The Labute approximate surface area is 176 Å². The van der Waals surface area contributed by atoms with Gasteiger partial charge in [0.2, 0.25) is 0 Å². The van der Waals surface area contributed by atoms with Gasteiger partial charge < -0.3 is 26.0 Å². The number of aromatic carboxylic acids is 1. The van der Waals surface area contributed by atoms with Crippen molar-refractivity contribution in [3.63, 3.8) is 0 Å². The van der Waals surface area contributed by atoms with Crippen molar-refractivity contribution >= 4 is 41.2 Å². The fraction of sp³-hybridized carbons (Fsp3) is 0.0455. The molecule has 2 aromatic carbocycles. The minimum atomic E-state index is -1.17. The normalized spacial score (nSPS) is 11.0. The molecule has 0 atom stereocenters. The molecule has 150 valence electrons. The Bertz CT molecular complexity index is 1350. The number of hydrogen-bond acceptors (Lipinski definition) is 6. The zero-order valence-corrected chi connectivity index (χ0v) is 16.5. The Morgan fingerprint density at radius 1 is 1.07 bits per heavy atom. The van der Waals surface area contributed by atoms with Crippen molar-refractivity contribution in [2.45, 2.75) is 0 Å². The van der Waals surface area contributed by atoms with Crippen LogP contribution in [0.2, 0.25) is 0 Å². The molecule has 0 unspecified atom stereocenters. The second-order valence-electron chi connectivity index (χ2n) is 6.67. The maximum atomic E-state index is 12.2. The van der Waals surface area contributed by atoms with Crippen LogP contribution in [0.3, 0.4) is 0 Å². The number of nitrogen functional groups attached to an aromatic ring is 1. The molecule has 7 nitrogen and oxygen atoms in total. The van der Waals surface area contributed by atoms with Crippen molar-refractivity contribution in [3.05, 3.63) is 71.1 Å².